The molecule has 0 saturated heterocycles. The van der Waals surface area contributed by atoms with Gasteiger partial charge < -0.3 is 14.2 Å². The summed E-state index contributed by atoms with van der Waals surface area (Å²) in [6.45, 7) is 1.54. The van der Waals surface area contributed by atoms with Crippen LogP contribution in [-0.4, -0.2) is 64.7 Å². The Balaban J connectivity index is 1.82. The third kappa shape index (κ3) is 5.50. The van der Waals surface area contributed by atoms with Gasteiger partial charge >= 0.3 is 0 Å². The minimum atomic E-state index is -3.80. The number of nitrogens with zero attached hydrogens (tertiary/aromatic N) is 6. The molecular weight excluding hydrogens is 503 g/mol. The summed E-state index contributed by atoms with van der Waals surface area (Å²) in [4.78, 5) is 12.2. The molecule has 0 amide bonds. The number of para-hydroxylation sites is 1. The second-order valence-corrected chi connectivity index (χ2v) is 10.4. The third-order valence-corrected chi connectivity index (χ3v) is 7.66. The molecule has 0 fully saturated rings. The van der Waals surface area contributed by atoms with Gasteiger partial charge in [0.15, 0.2) is 27.3 Å². The van der Waals surface area contributed by atoms with E-state index in [1.807, 2.05) is 0 Å². The maximum Gasteiger partial charge on any atom is 0.213 e. The summed E-state index contributed by atoms with van der Waals surface area (Å²) in [5.41, 5.74) is 0.813. The van der Waals surface area contributed by atoms with E-state index < -0.39 is 26.7 Å². The molecule has 0 aliphatic carbocycles. The van der Waals surface area contributed by atoms with Gasteiger partial charge in [-0.2, -0.15) is 0 Å². The van der Waals surface area contributed by atoms with E-state index in [1.54, 1.807) is 41.0 Å². The standard InChI is InChI=1S/C24H25FN6O5S/c1-15(11-20-26-12-16(25)13-27-20)37(32,33)14-21-29-30-24(17-7-5-10-22(28-17)36-4)31(21)23-18(34-2)8-6-9-19(23)35-3/h5-10,12-13,15H,11,14H2,1-4H3/t15-/m1/s1. The fourth-order valence-corrected chi connectivity index (χ4v) is 4.90. The number of methoxy groups -OCH3 is 3. The molecule has 4 aromatic rings. The van der Waals surface area contributed by atoms with E-state index in [9.17, 15) is 12.8 Å². The first-order valence-electron chi connectivity index (χ1n) is 11.1. The van der Waals surface area contributed by atoms with Crippen LogP contribution in [0.2, 0.25) is 0 Å². The Morgan fingerprint density at radius 3 is 2.22 bits per heavy atom. The summed E-state index contributed by atoms with van der Waals surface area (Å²) in [5.74, 6) is 0.706. The zero-order valence-electron chi connectivity index (χ0n) is 20.6. The van der Waals surface area contributed by atoms with E-state index in [0.29, 0.717) is 28.8 Å². The molecule has 3 aromatic heterocycles. The van der Waals surface area contributed by atoms with Gasteiger partial charge in [0.2, 0.25) is 5.88 Å². The summed E-state index contributed by atoms with van der Waals surface area (Å²) in [5, 5.41) is 7.61. The van der Waals surface area contributed by atoms with E-state index in [1.165, 1.54) is 28.3 Å². The molecule has 37 heavy (non-hydrogen) atoms. The van der Waals surface area contributed by atoms with Crippen molar-refractivity contribution in [3.05, 3.63) is 66.3 Å². The summed E-state index contributed by atoms with van der Waals surface area (Å²) >= 11 is 0. The van der Waals surface area contributed by atoms with Crippen LogP contribution in [0.5, 0.6) is 17.4 Å². The molecule has 11 nitrogen and oxygen atoms in total. The monoisotopic (exact) mass is 528 g/mol. The first-order valence-corrected chi connectivity index (χ1v) is 12.8. The third-order valence-electron chi connectivity index (χ3n) is 5.60. The van der Waals surface area contributed by atoms with Gasteiger partial charge in [0, 0.05) is 12.5 Å². The number of pyridine rings is 1. The van der Waals surface area contributed by atoms with Crippen LogP contribution in [0.1, 0.15) is 18.6 Å². The maximum atomic E-state index is 13.4. The van der Waals surface area contributed by atoms with Crippen LogP contribution in [0.4, 0.5) is 4.39 Å². The average molecular weight is 529 g/mol. The van der Waals surface area contributed by atoms with Gasteiger partial charge in [-0.15, -0.1) is 10.2 Å². The summed E-state index contributed by atoms with van der Waals surface area (Å²) in [7, 11) is 0.680. The van der Waals surface area contributed by atoms with E-state index >= 15 is 0 Å². The number of ether oxygens (including phenoxy) is 3. The molecule has 0 saturated carbocycles. The van der Waals surface area contributed by atoms with Crippen molar-refractivity contribution in [2.75, 3.05) is 21.3 Å². The lowest BCUT2D eigenvalue weighted by molar-refractivity contribution is 0.390. The molecule has 0 spiro atoms. The largest absolute Gasteiger partial charge is 0.494 e. The number of hydrogen-bond donors (Lipinski definition) is 0. The maximum absolute atomic E-state index is 13.4. The van der Waals surface area contributed by atoms with Crippen molar-refractivity contribution in [2.45, 2.75) is 24.3 Å². The topological polar surface area (TPSA) is 131 Å². The van der Waals surface area contributed by atoms with Gasteiger partial charge in [0.25, 0.3) is 0 Å². The van der Waals surface area contributed by atoms with E-state index in [0.717, 1.165) is 12.4 Å². The molecule has 0 aliphatic rings. The first kappa shape index (κ1) is 25.9. The van der Waals surface area contributed by atoms with Gasteiger partial charge in [-0.3, -0.25) is 4.57 Å². The Kier molecular flexibility index (Phi) is 7.62. The van der Waals surface area contributed by atoms with Crippen molar-refractivity contribution >= 4 is 9.84 Å². The predicted molar refractivity (Wildman–Crippen MR) is 132 cm³/mol. The van der Waals surface area contributed by atoms with Crippen LogP contribution in [0.3, 0.4) is 0 Å². The normalized spacial score (nSPS) is 12.2. The first-order chi connectivity index (χ1) is 17.8. The molecule has 0 unspecified atom stereocenters. The highest BCUT2D eigenvalue weighted by atomic mass is 32.2. The lowest BCUT2D eigenvalue weighted by Crippen LogP contribution is -2.24. The van der Waals surface area contributed by atoms with E-state index in [-0.39, 0.29) is 23.9 Å². The Morgan fingerprint density at radius 1 is 0.946 bits per heavy atom. The van der Waals surface area contributed by atoms with Gasteiger partial charge in [-0.05, 0) is 25.1 Å². The predicted octanol–water partition coefficient (Wildman–Crippen LogP) is 2.83. The Morgan fingerprint density at radius 2 is 1.59 bits per heavy atom. The molecule has 0 radical (unpaired) electrons. The molecule has 0 aliphatic heterocycles. The number of aromatic nitrogens is 6. The van der Waals surface area contributed by atoms with Crippen molar-refractivity contribution in [3.63, 3.8) is 0 Å². The zero-order chi connectivity index (χ0) is 26.6. The van der Waals surface area contributed by atoms with Crippen LogP contribution in [0, 0.1) is 5.82 Å². The number of rotatable bonds is 10. The summed E-state index contributed by atoms with van der Waals surface area (Å²) < 4.78 is 57.9. The number of benzene rings is 1. The smallest absolute Gasteiger partial charge is 0.213 e. The SMILES string of the molecule is COc1cccc(-c2nnc(CS(=O)(=O)[C@H](C)Cc3ncc(F)cn3)n2-c2c(OC)cccc2OC)n1. The van der Waals surface area contributed by atoms with Crippen LogP contribution >= 0.6 is 0 Å². The molecule has 3 heterocycles. The van der Waals surface area contributed by atoms with E-state index in [4.69, 9.17) is 14.2 Å². The van der Waals surface area contributed by atoms with Crippen molar-refractivity contribution in [1.82, 2.24) is 29.7 Å². The summed E-state index contributed by atoms with van der Waals surface area (Å²) in [6, 6.07) is 10.3. The molecule has 0 bridgehead atoms. The number of halogens is 1. The number of sulfone groups is 1. The zero-order valence-corrected chi connectivity index (χ0v) is 21.4. The van der Waals surface area contributed by atoms with Crippen molar-refractivity contribution < 1.29 is 27.0 Å². The van der Waals surface area contributed by atoms with Gasteiger partial charge in [-0.25, -0.2) is 27.8 Å². The molecule has 4 rings (SSSR count). The minimum Gasteiger partial charge on any atom is -0.494 e. The second kappa shape index (κ2) is 10.9. The molecule has 1 atom stereocenters. The van der Waals surface area contributed by atoms with Crippen molar-refractivity contribution in [3.8, 4) is 34.6 Å². The molecule has 13 heteroatoms. The Hall–Kier alpha value is -4.13. The van der Waals surface area contributed by atoms with Crippen LogP contribution in [-0.2, 0) is 22.0 Å². The van der Waals surface area contributed by atoms with Crippen molar-refractivity contribution in [2.24, 2.45) is 0 Å². The Labute approximate surface area is 213 Å². The highest BCUT2D eigenvalue weighted by Crippen LogP contribution is 2.36. The number of hydrogen-bond acceptors (Lipinski definition) is 10. The van der Waals surface area contributed by atoms with Crippen LogP contribution in [0.15, 0.2) is 48.8 Å². The molecule has 0 N–H and O–H groups in total. The van der Waals surface area contributed by atoms with Gasteiger partial charge in [0.1, 0.15) is 34.5 Å². The van der Waals surface area contributed by atoms with Crippen molar-refractivity contribution in [1.29, 1.82) is 0 Å². The second-order valence-electron chi connectivity index (χ2n) is 7.99. The molecule has 1 aromatic carbocycles. The fraction of sp³-hybridized carbons (Fsp3) is 0.292. The van der Waals surface area contributed by atoms with E-state index in [2.05, 4.69) is 25.1 Å². The quantitative estimate of drug-likeness (QED) is 0.303. The van der Waals surface area contributed by atoms with Gasteiger partial charge in [0.05, 0.1) is 39.0 Å². The lowest BCUT2D eigenvalue weighted by Gasteiger charge is -2.18. The molecular formula is C24H25FN6O5S. The highest BCUT2D eigenvalue weighted by Gasteiger charge is 2.29. The highest BCUT2D eigenvalue weighted by molar-refractivity contribution is 7.91. The average Bonchev–Trinajstić information content (AvgIpc) is 3.31. The lowest BCUT2D eigenvalue weighted by atomic mass is 10.2. The molecule has 194 valence electrons. The fourth-order valence-electron chi connectivity index (χ4n) is 3.67. The Bertz CT molecular complexity index is 1470. The van der Waals surface area contributed by atoms with Crippen LogP contribution in [0.25, 0.3) is 17.2 Å². The van der Waals surface area contributed by atoms with Gasteiger partial charge in [-0.1, -0.05) is 12.1 Å². The van der Waals surface area contributed by atoms with Crippen LogP contribution < -0.4 is 14.2 Å². The summed E-state index contributed by atoms with van der Waals surface area (Å²) in [6.07, 6.45) is 2.00. The minimum absolute atomic E-state index is 0.000966.